The zero-order valence-corrected chi connectivity index (χ0v) is 27.5. The van der Waals surface area contributed by atoms with Crippen LogP contribution in [-0.4, -0.2) is 72.7 Å². The lowest BCUT2D eigenvalue weighted by Crippen LogP contribution is -2.55. The van der Waals surface area contributed by atoms with Crippen molar-refractivity contribution < 1.29 is 29.3 Å². The summed E-state index contributed by atoms with van der Waals surface area (Å²) in [5, 5.41) is 28.0. The Morgan fingerprint density at radius 3 is 2.53 bits per heavy atom. The van der Waals surface area contributed by atoms with E-state index in [1.54, 1.807) is 12.1 Å². The lowest BCUT2D eigenvalue weighted by atomic mass is 9.90. The number of thioether (sulfide) groups is 1. The number of hydrogen-bond donors (Lipinski definition) is 4. The van der Waals surface area contributed by atoms with Crippen LogP contribution in [0.4, 0.5) is 0 Å². The molecule has 0 spiro atoms. The second-order valence-corrected chi connectivity index (χ2v) is 14.7. The van der Waals surface area contributed by atoms with Gasteiger partial charge in [-0.2, -0.15) is 4.37 Å². The molecule has 240 valence electrons. The quantitative estimate of drug-likeness (QED) is 0.262. The van der Waals surface area contributed by atoms with E-state index < -0.39 is 46.8 Å². The van der Waals surface area contributed by atoms with Crippen molar-refractivity contribution in [1.82, 2.24) is 19.9 Å². The van der Waals surface area contributed by atoms with Gasteiger partial charge in [0, 0.05) is 33.2 Å². The molecule has 0 aliphatic carbocycles. The lowest BCUT2D eigenvalue weighted by molar-refractivity contribution is -0.147. The van der Waals surface area contributed by atoms with Crippen molar-refractivity contribution in [3.63, 3.8) is 0 Å². The third-order valence-electron chi connectivity index (χ3n) is 8.53. The Balaban J connectivity index is 1.32. The zero-order valence-electron chi connectivity index (χ0n) is 25.9. The van der Waals surface area contributed by atoms with Crippen molar-refractivity contribution in [2.24, 2.45) is 5.92 Å². The number of aromatic nitrogens is 1. The highest BCUT2D eigenvalue weighted by atomic mass is 32.2. The number of nitrogens with zero attached hydrogens (tertiary/aromatic N) is 2. The van der Waals surface area contributed by atoms with Crippen LogP contribution in [0.1, 0.15) is 53.6 Å². The first-order valence-electron chi connectivity index (χ1n) is 15.0. The molecule has 1 fully saturated rings. The molecule has 0 unspecified atom stereocenters. The molecule has 12 heteroatoms. The van der Waals surface area contributed by atoms with E-state index in [4.69, 9.17) is 4.74 Å². The van der Waals surface area contributed by atoms with Gasteiger partial charge in [-0.1, -0.05) is 48.5 Å². The third-order valence-corrected chi connectivity index (χ3v) is 10.8. The summed E-state index contributed by atoms with van der Waals surface area (Å²) in [5.74, 6) is -1.27. The topological polar surface area (TPSA) is 141 Å². The lowest BCUT2D eigenvalue weighted by Gasteiger charge is -2.33. The standard InChI is InChI=1S/C33H40N4O6S2/c1-19-24(20(2)45-36-19)16-34-31(41)29-33(3,4)44-18-37(29)32(42)25(38)15-22(14-21-10-6-5-7-11-21)30(40)35-28-23-12-8-9-13-27(23)43-17-26(28)39/h5-13,22,25-26,28-29,38-39H,14-18H2,1-4H3,(H,34,41)(H,35,40)/t22-,25-,26+,28-,29+/m0/s1. The van der Waals surface area contributed by atoms with Gasteiger partial charge in [0.05, 0.1) is 17.6 Å². The first kappa shape index (κ1) is 32.9. The van der Waals surface area contributed by atoms with Crippen LogP contribution in [-0.2, 0) is 27.3 Å². The first-order valence-corrected chi connectivity index (χ1v) is 16.8. The highest BCUT2D eigenvalue weighted by Crippen LogP contribution is 2.40. The molecule has 2 aliphatic rings. The highest BCUT2D eigenvalue weighted by Gasteiger charge is 2.49. The number of benzene rings is 2. The molecule has 4 N–H and O–H groups in total. The number of aliphatic hydroxyl groups excluding tert-OH is 2. The number of fused-ring (bicyclic) bond motifs is 1. The molecular formula is C33H40N4O6S2. The fourth-order valence-electron chi connectivity index (χ4n) is 5.98. The maximum Gasteiger partial charge on any atom is 0.252 e. The second kappa shape index (κ2) is 13.9. The highest BCUT2D eigenvalue weighted by molar-refractivity contribution is 8.00. The molecule has 0 saturated carbocycles. The third kappa shape index (κ3) is 7.35. The Bertz CT molecular complexity index is 1510. The molecule has 10 nitrogen and oxygen atoms in total. The monoisotopic (exact) mass is 652 g/mol. The largest absolute Gasteiger partial charge is 0.490 e. The summed E-state index contributed by atoms with van der Waals surface area (Å²) < 4.78 is 9.38. The number of aryl methyl sites for hydroxylation is 2. The van der Waals surface area contributed by atoms with Gasteiger partial charge < -0.3 is 30.5 Å². The van der Waals surface area contributed by atoms with Gasteiger partial charge in [0.1, 0.15) is 30.6 Å². The van der Waals surface area contributed by atoms with Crippen LogP contribution < -0.4 is 15.4 Å². The van der Waals surface area contributed by atoms with E-state index in [0.717, 1.165) is 21.7 Å². The number of ether oxygens (including phenoxy) is 1. The van der Waals surface area contributed by atoms with Crippen LogP contribution in [0.15, 0.2) is 54.6 Å². The van der Waals surface area contributed by atoms with Crippen molar-refractivity contribution in [1.29, 1.82) is 0 Å². The maximum atomic E-state index is 13.8. The van der Waals surface area contributed by atoms with E-state index in [0.29, 0.717) is 17.9 Å². The van der Waals surface area contributed by atoms with E-state index in [2.05, 4.69) is 15.0 Å². The van der Waals surface area contributed by atoms with Crippen LogP contribution in [0.5, 0.6) is 5.75 Å². The van der Waals surface area contributed by atoms with Crippen molar-refractivity contribution in [2.45, 2.75) is 76.1 Å². The van der Waals surface area contributed by atoms with Gasteiger partial charge in [-0.05, 0) is 63.7 Å². The van der Waals surface area contributed by atoms with E-state index in [-0.39, 0.29) is 31.2 Å². The van der Waals surface area contributed by atoms with E-state index >= 15 is 0 Å². The number of carbonyl (C=O) groups is 3. The summed E-state index contributed by atoms with van der Waals surface area (Å²) in [7, 11) is 0. The number of para-hydroxylation sites is 1. The van der Waals surface area contributed by atoms with Crippen molar-refractivity contribution in [2.75, 3.05) is 12.5 Å². The van der Waals surface area contributed by atoms with Gasteiger partial charge in [-0.25, -0.2) is 0 Å². The number of aliphatic hydroxyl groups is 2. The minimum atomic E-state index is -1.52. The summed E-state index contributed by atoms with van der Waals surface area (Å²) >= 11 is 2.85. The SMILES string of the molecule is Cc1nsc(C)c1CNC(=O)[C@H]1N(C(=O)[C@@H](O)C[C@H](Cc2ccccc2)C(=O)N[C@H]2c3ccccc3OC[C@H]2O)CSC1(C)C. The van der Waals surface area contributed by atoms with Crippen molar-refractivity contribution in [3.8, 4) is 5.75 Å². The second-order valence-electron chi connectivity index (χ2n) is 12.1. The molecule has 3 amide bonds. The Labute approximate surface area is 271 Å². The number of rotatable bonds is 10. The van der Waals surface area contributed by atoms with Crippen LogP contribution >= 0.6 is 23.3 Å². The molecule has 5 atom stereocenters. The molecule has 45 heavy (non-hydrogen) atoms. The summed E-state index contributed by atoms with van der Waals surface area (Å²) in [6.07, 6.45) is -2.37. The van der Waals surface area contributed by atoms with E-state index in [1.165, 1.54) is 28.2 Å². The molecule has 0 bridgehead atoms. The summed E-state index contributed by atoms with van der Waals surface area (Å²) in [5.41, 5.74) is 3.35. The molecule has 2 aliphatic heterocycles. The minimum absolute atomic E-state index is 0.0281. The van der Waals surface area contributed by atoms with E-state index in [9.17, 15) is 24.6 Å². The average molecular weight is 653 g/mol. The fourth-order valence-corrected chi connectivity index (χ4v) is 7.83. The zero-order chi connectivity index (χ0) is 32.3. The molecule has 5 rings (SSSR count). The van der Waals surface area contributed by atoms with Gasteiger partial charge in [-0.3, -0.25) is 14.4 Å². The number of hydrogen-bond acceptors (Lipinski definition) is 9. The first-order chi connectivity index (χ1) is 21.5. The molecule has 0 radical (unpaired) electrons. The molecule has 3 heterocycles. The van der Waals surface area contributed by atoms with Gasteiger partial charge in [-0.15, -0.1) is 11.8 Å². The summed E-state index contributed by atoms with van der Waals surface area (Å²) in [6.45, 7) is 8.00. The molecule has 3 aromatic rings. The van der Waals surface area contributed by atoms with Crippen LogP contribution in [0.3, 0.4) is 0 Å². The summed E-state index contributed by atoms with van der Waals surface area (Å²) in [6, 6.07) is 15.1. The van der Waals surface area contributed by atoms with Crippen molar-refractivity contribution in [3.05, 3.63) is 81.9 Å². The Kier molecular flexibility index (Phi) is 10.2. The normalized spacial score (nSPS) is 21.7. The summed E-state index contributed by atoms with van der Waals surface area (Å²) in [4.78, 5) is 43.6. The molecule has 1 aromatic heterocycles. The smallest absolute Gasteiger partial charge is 0.252 e. The number of carbonyl (C=O) groups excluding carboxylic acids is 3. The fraction of sp³-hybridized carbons (Fsp3) is 0.455. The van der Waals surface area contributed by atoms with Crippen molar-refractivity contribution >= 4 is 41.0 Å². The maximum absolute atomic E-state index is 13.8. The number of nitrogens with one attached hydrogen (secondary N) is 2. The minimum Gasteiger partial charge on any atom is -0.490 e. The Morgan fingerprint density at radius 2 is 1.82 bits per heavy atom. The van der Waals surface area contributed by atoms with Gasteiger partial charge in [0.15, 0.2) is 0 Å². The van der Waals surface area contributed by atoms with E-state index in [1.807, 2.05) is 70.2 Å². The Hall–Kier alpha value is -3.45. The molecular weight excluding hydrogens is 613 g/mol. The average Bonchev–Trinajstić information content (AvgIpc) is 3.52. The van der Waals surface area contributed by atoms with Crippen LogP contribution in [0, 0.1) is 19.8 Å². The molecule has 1 saturated heterocycles. The predicted octanol–water partition coefficient (Wildman–Crippen LogP) is 3.28. The van der Waals surface area contributed by atoms with Gasteiger partial charge >= 0.3 is 0 Å². The Morgan fingerprint density at radius 1 is 1.11 bits per heavy atom. The van der Waals surface area contributed by atoms with Crippen LogP contribution in [0.25, 0.3) is 0 Å². The van der Waals surface area contributed by atoms with Crippen LogP contribution in [0.2, 0.25) is 0 Å². The van der Waals surface area contributed by atoms with Gasteiger partial charge in [0.25, 0.3) is 5.91 Å². The van der Waals surface area contributed by atoms with Gasteiger partial charge in [0.2, 0.25) is 11.8 Å². The molecule has 2 aromatic carbocycles. The number of amides is 3. The predicted molar refractivity (Wildman–Crippen MR) is 174 cm³/mol.